The molecule has 0 atom stereocenters. The fourth-order valence-electron chi connectivity index (χ4n) is 3.59. The van der Waals surface area contributed by atoms with Gasteiger partial charge in [0.25, 0.3) is 5.91 Å². The Balaban J connectivity index is 1.47. The molecule has 2 aliphatic rings. The highest BCUT2D eigenvalue weighted by Crippen LogP contribution is 2.44. The molecule has 27 heavy (non-hydrogen) atoms. The number of carbonyl (C=O) groups is 1. The lowest BCUT2D eigenvalue weighted by molar-refractivity contribution is -0.125. The van der Waals surface area contributed by atoms with Gasteiger partial charge in [0.2, 0.25) is 0 Å². The summed E-state index contributed by atoms with van der Waals surface area (Å²) >= 11 is 0. The highest BCUT2D eigenvalue weighted by Gasteiger charge is 2.47. The first-order valence-corrected chi connectivity index (χ1v) is 8.93. The molecule has 4 rings (SSSR count). The number of nitrogens with zero attached hydrogens (tertiary/aromatic N) is 4. The number of nitrogens with one attached hydrogen (secondary N) is 2. The van der Waals surface area contributed by atoms with Crippen molar-refractivity contribution in [1.29, 1.82) is 0 Å². The zero-order chi connectivity index (χ0) is 19.1. The SMILES string of the molecule is CC1(C)C(=O)NN=C1c1ccc(NCC2(c3ccccn3)CC(F)C2)nn1. The molecule has 0 spiro atoms. The number of aromatic nitrogens is 3. The van der Waals surface area contributed by atoms with Crippen molar-refractivity contribution in [2.75, 3.05) is 11.9 Å². The number of halogens is 1. The van der Waals surface area contributed by atoms with Gasteiger partial charge in [-0.15, -0.1) is 10.2 Å². The number of hydrogen-bond donors (Lipinski definition) is 2. The van der Waals surface area contributed by atoms with Crippen LogP contribution in [0.2, 0.25) is 0 Å². The molecule has 1 amide bonds. The summed E-state index contributed by atoms with van der Waals surface area (Å²) in [5.74, 6) is 0.427. The number of amides is 1. The zero-order valence-electron chi connectivity index (χ0n) is 15.2. The molecule has 0 aromatic carbocycles. The van der Waals surface area contributed by atoms with Crippen LogP contribution in [0, 0.1) is 5.41 Å². The van der Waals surface area contributed by atoms with E-state index in [1.807, 2.05) is 18.2 Å². The molecular weight excluding hydrogens is 347 g/mol. The number of hydrogen-bond acceptors (Lipinski definition) is 6. The van der Waals surface area contributed by atoms with E-state index in [4.69, 9.17) is 0 Å². The van der Waals surface area contributed by atoms with Crippen LogP contribution in [0.5, 0.6) is 0 Å². The molecule has 140 valence electrons. The maximum Gasteiger partial charge on any atom is 0.251 e. The molecule has 2 aromatic rings. The van der Waals surface area contributed by atoms with Crippen LogP contribution in [-0.2, 0) is 10.2 Å². The summed E-state index contributed by atoms with van der Waals surface area (Å²) in [5, 5.41) is 15.7. The minimum Gasteiger partial charge on any atom is -0.368 e. The fraction of sp³-hybridized carbons (Fsp3) is 0.421. The molecule has 3 heterocycles. The van der Waals surface area contributed by atoms with Crippen molar-refractivity contribution in [2.24, 2.45) is 10.5 Å². The Morgan fingerprint density at radius 1 is 1.22 bits per heavy atom. The van der Waals surface area contributed by atoms with Crippen molar-refractivity contribution in [3.05, 3.63) is 47.9 Å². The van der Waals surface area contributed by atoms with Crippen LogP contribution in [0.15, 0.2) is 41.6 Å². The predicted molar refractivity (Wildman–Crippen MR) is 99.0 cm³/mol. The van der Waals surface area contributed by atoms with Crippen molar-refractivity contribution in [3.8, 4) is 0 Å². The topological polar surface area (TPSA) is 92.2 Å². The standard InChI is InChI=1S/C19H21FN6O/c1-18(2)16(25-26-17(18)27)13-6-7-15(24-23-13)22-11-19(9-12(20)10-19)14-5-3-4-8-21-14/h3-8,12H,9-11H2,1-2H3,(H,22,24)(H,26,27). The smallest absolute Gasteiger partial charge is 0.251 e. The minimum atomic E-state index is -0.796. The van der Waals surface area contributed by atoms with Gasteiger partial charge in [-0.3, -0.25) is 9.78 Å². The van der Waals surface area contributed by atoms with E-state index in [-0.39, 0.29) is 11.3 Å². The molecule has 0 unspecified atom stereocenters. The van der Waals surface area contributed by atoms with Crippen molar-refractivity contribution in [3.63, 3.8) is 0 Å². The van der Waals surface area contributed by atoms with Gasteiger partial charge >= 0.3 is 0 Å². The number of pyridine rings is 1. The zero-order valence-corrected chi connectivity index (χ0v) is 15.2. The van der Waals surface area contributed by atoms with Gasteiger partial charge in [0.1, 0.15) is 23.4 Å². The lowest BCUT2D eigenvalue weighted by atomic mass is 9.65. The molecule has 1 aliphatic carbocycles. The van der Waals surface area contributed by atoms with Crippen molar-refractivity contribution < 1.29 is 9.18 Å². The molecule has 7 nitrogen and oxygen atoms in total. The lowest BCUT2D eigenvalue weighted by Crippen LogP contribution is -2.48. The summed E-state index contributed by atoms with van der Waals surface area (Å²) in [6.07, 6.45) is 1.83. The molecule has 0 saturated heterocycles. The van der Waals surface area contributed by atoms with Gasteiger partial charge in [0.05, 0.1) is 5.41 Å². The molecule has 1 aliphatic heterocycles. The molecule has 2 aromatic heterocycles. The van der Waals surface area contributed by atoms with Crippen LogP contribution >= 0.6 is 0 Å². The van der Waals surface area contributed by atoms with Crippen LogP contribution in [0.4, 0.5) is 10.2 Å². The summed E-state index contributed by atoms with van der Waals surface area (Å²) in [7, 11) is 0. The fourth-order valence-corrected chi connectivity index (χ4v) is 3.59. The second kappa shape index (κ2) is 6.37. The summed E-state index contributed by atoms with van der Waals surface area (Å²) < 4.78 is 13.6. The number of alkyl halides is 1. The Morgan fingerprint density at radius 2 is 2.04 bits per heavy atom. The minimum absolute atomic E-state index is 0.162. The van der Waals surface area contributed by atoms with Gasteiger partial charge in [-0.25, -0.2) is 9.82 Å². The predicted octanol–water partition coefficient (Wildman–Crippen LogP) is 2.21. The summed E-state index contributed by atoms with van der Waals surface area (Å²) in [6.45, 7) is 4.12. The van der Waals surface area contributed by atoms with Crippen LogP contribution < -0.4 is 10.7 Å². The van der Waals surface area contributed by atoms with E-state index in [1.54, 1.807) is 32.2 Å². The number of carbonyl (C=O) groups excluding carboxylic acids is 1. The Morgan fingerprint density at radius 3 is 2.59 bits per heavy atom. The lowest BCUT2D eigenvalue weighted by Gasteiger charge is -2.43. The molecule has 2 N–H and O–H groups in total. The first kappa shape index (κ1) is 17.5. The van der Waals surface area contributed by atoms with E-state index in [0.29, 0.717) is 36.6 Å². The second-order valence-electron chi connectivity index (χ2n) is 7.68. The van der Waals surface area contributed by atoms with E-state index < -0.39 is 11.6 Å². The van der Waals surface area contributed by atoms with E-state index in [2.05, 4.69) is 31.0 Å². The highest BCUT2D eigenvalue weighted by molar-refractivity contribution is 6.18. The summed E-state index contributed by atoms with van der Waals surface area (Å²) in [6, 6.07) is 9.29. The molecule has 0 bridgehead atoms. The summed E-state index contributed by atoms with van der Waals surface area (Å²) in [5.41, 5.74) is 3.42. The Kier molecular flexibility index (Phi) is 4.13. The van der Waals surface area contributed by atoms with Crippen LogP contribution in [0.3, 0.4) is 0 Å². The van der Waals surface area contributed by atoms with Gasteiger partial charge in [-0.05, 0) is 51.0 Å². The molecule has 1 fully saturated rings. The normalized spacial score (nSPS) is 26.1. The third-order valence-electron chi connectivity index (χ3n) is 5.38. The van der Waals surface area contributed by atoms with E-state index in [9.17, 15) is 9.18 Å². The van der Waals surface area contributed by atoms with Gasteiger partial charge in [0, 0.05) is 23.9 Å². The van der Waals surface area contributed by atoms with Crippen molar-refractivity contribution in [1.82, 2.24) is 20.6 Å². The Bertz CT molecular complexity index is 875. The van der Waals surface area contributed by atoms with Gasteiger partial charge in [0.15, 0.2) is 0 Å². The van der Waals surface area contributed by atoms with E-state index in [1.165, 1.54) is 0 Å². The Labute approximate surface area is 156 Å². The van der Waals surface area contributed by atoms with Gasteiger partial charge < -0.3 is 5.32 Å². The van der Waals surface area contributed by atoms with Crippen LogP contribution in [0.25, 0.3) is 0 Å². The number of hydrazone groups is 1. The first-order valence-electron chi connectivity index (χ1n) is 8.93. The van der Waals surface area contributed by atoms with Crippen LogP contribution in [0.1, 0.15) is 38.1 Å². The molecule has 0 radical (unpaired) electrons. The second-order valence-corrected chi connectivity index (χ2v) is 7.68. The van der Waals surface area contributed by atoms with Gasteiger partial charge in [-0.2, -0.15) is 5.10 Å². The average molecular weight is 368 g/mol. The Hall–Kier alpha value is -2.90. The molecule has 8 heteroatoms. The van der Waals surface area contributed by atoms with E-state index >= 15 is 0 Å². The van der Waals surface area contributed by atoms with Crippen molar-refractivity contribution in [2.45, 2.75) is 38.3 Å². The average Bonchev–Trinajstić information content (AvgIpc) is 2.92. The molecular formula is C19H21FN6O. The summed E-state index contributed by atoms with van der Waals surface area (Å²) in [4.78, 5) is 16.2. The third kappa shape index (κ3) is 3.05. The number of anilines is 1. The van der Waals surface area contributed by atoms with Crippen LogP contribution in [-0.4, -0.2) is 39.5 Å². The third-order valence-corrected chi connectivity index (χ3v) is 5.38. The van der Waals surface area contributed by atoms with Gasteiger partial charge in [-0.1, -0.05) is 6.07 Å². The maximum atomic E-state index is 13.6. The largest absolute Gasteiger partial charge is 0.368 e. The quantitative estimate of drug-likeness (QED) is 0.844. The monoisotopic (exact) mass is 368 g/mol. The molecule has 1 saturated carbocycles. The highest BCUT2D eigenvalue weighted by atomic mass is 19.1. The first-order chi connectivity index (χ1) is 12.9. The van der Waals surface area contributed by atoms with E-state index in [0.717, 1.165) is 5.69 Å². The number of rotatable bonds is 5. The van der Waals surface area contributed by atoms with Crippen molar-refractivity contribution >= 4 is 17.4 Å². The maximum absolute atomic E-state index is 13.6.